The van der Waals surface area contributed by atoms with Crippen molar-refractivity contribution in [2.24, 2.45) is 4.99 Å². The van der Waals surface area contributed by atoms with Gasteiger partial charge in [0, 0.05) is 17.3 Å². The lowest BCUT2D eigenvalue weighted by Crippen LogP contribution is -2.31. The number of imidazole rings is 1. The molecule has 3 heterocycles. The smallest absolute Gasteiger partial charge is 0.227 e. The second-order valence-electron chi connectivity index (χ2n) is 7.15. The topological polar surface area (TPSA) is 39.4 Å². The first-order valence-electron chi connectivity index (χ1n) is 9.42. The molecule has 2 aromatic heterocycles. The summed E-state index contributed by atoms with van der Waals surface area (Å²) >= 11 is 1.54. The van der Waals surface area contributed by atoms with Crippen LogP contribution in [-0.2, 0) is 16.8 Å². The SMILES string of the molecule is Fc1ccc(-c2ccc(C3=NC(Cn4ccnc4)(c4ccc(F)cc4)CO3)s2)cc1. The van der Waals surface area contributed by atoms with Gasteiger partial charge in [0.25, 0.3) is 0 Å². The van der Waals surface area contributed by atoms with Crippen LogP contribution < -0.4 is 0 Å². The maximum atomic E-state index is 13.5. The Balaban J connectivity index is 1.51. The van der Waals surface area contributed by atoms with Crippen molar-refractivity contribution in [1.29, 1.82) is 0 Å². The Morgan fingerprint density at radius 3 is 2.33 bits per heavy atom. The van der Waals surface area contributed by atoms with Crippen LogP contribution in [0.2, 0.25) is 0 Å². The number of rotatable bonds is 5. The van der Waals surface area contributed by atoms with E-state index in [2.05, 4.69) is 4.98 Å². The normalized spacial score (nSPS) is 18.3. The van der Waals surface area contributed by atoms with Gasteiger partial charge in [0.1, 0.15) is 23.8 Å². The zero-order valence-corrected chi connectivity index (χ0v) is 16.7. The Morgan fingerprint density at radius 1 is 0.933 bits per heavy atom. The Kier molecular flexibility index (Phi) is 4.67. The van der Waals surface area contributed by atoms with Crippen LogP contribution in [0.25, 0.3) is 10.4 Å². The summed E-state index contributed by atoms with van der Waals surface area (Å²) in [7, 11) is 0. The Hall–Kier alpha value is -3.32. The molecule has 1 atom stereocenters. The summed E-state index contributed by atoms with van der Waals surface area (Å²) in [5, 5.41) is 0. The minimum absolute atomic E-state index is 0.261. The molecule has 5 rings (SSSR count). The third-order valence-corrected chi connectivity index (χ3v) is 6.22. The highest BCUT2D eigenvalue weighted by Gasteiger charge is 2.39. The molecule has 4 nitrogen and oxygen atoms in total. The summed E-state index contributed by atoms with van der Waals surface area (Å²) in [5.41, 5.74) is 1.14. The average Bonchev–Trinajstić information content (AvgIpc) is 3.51. The van der Waals surface area contributed by atoms with Gasteiger partial charge >= 0.3 is 0 Å². The second-order valence-corrected chi connectivity index (χ2v) is 8.23. The molecule has 0 saturated carbocycles. The minimum Gasteiger partial charge on any atom is -0.474 e. The van der Waals surface area contributed by atoms with Crippen molar-refractivity contribution in [3.8, 4) is 10.4 Å². The molecule has 0 amide bonds. The lowest BCUT2D eigenvalue weighted by molar-refractivity contribution is 0.236. The summed E-state index contributed by atoms with van der Waals surface area (Å²) in [4.78, 5) is 11.0. The van der Waals surface area contributed by atoms with Gasteiger partial charge in [-0.05, 0) is 47.5 Å². The van der Waals surface area contributed by atoms with Gasteiger partial charge < -0.3 is 9.30 Å². The van der Waals surface area contributed by atoms with E-state index in [1.807, 2.05) is 22.9 Å². The first-order valence-corrected chi connectivity index (χ1v) is 10.2. The van der Waals surface area contributed by atoms with E-state index < -0.39 is 5.54 Å². The molecule has 1 aliphatic heterocycles. The molecule has 7 heteroatoms. The maximum Gasteiger partial charge on any atom is 0.227 e. The van der Waals surface area contributed by atoms with E-state index in [-0.39, 0.29) is 11.6 Å². The molecule has 0 radical (unpaired) electrons. The largest absolute Gasteiger partial charge is 0.474 e. The van der Waals surface area contributed by atoms with Crippen LogP contribution in [0.3, 0.4) is 0 Å². The van der Waals surface area contributed by atoms with E-state index in [4.69, 9.17) is 9.73 Å². The Bertz CT molecular complexity index is 1180. The molecule has 0 bridgehead atoms. The third kappa shape index (κ3) is 3.52. The minimum atomic E-state index is -0.677. The van der Waals surface area contributed by atoms with E-state index in [1.54, 1.807) is 36.8 Å². The van der Waals surface area contributed by atoms with Gasteiger partial charge in [-0.1, -0.05) is 24.3 Å². The van der Waals surface area contributed by atoms with Crippen molar-refractivity contribution < 1.29 is 13.5 Å². The van der Waals surface area contributed by atoms with Crippen molar-refractivity contribution >= 4 is 17.2 Å². The number of aromatic nitrogens is 2. The summed E-state index contributed by atoms with van der Waals surface area (Å²) in [6.07, 6.45) is 5.32. The number of nitrogens with zero attached hydrogens (tertiary/aromatic N) is 3. The maximum absolute atomic E-state index is 13.5. The molecule has 30 heavy (non-hydrogen) atoms. The van der Waals surface area contributed by atoms with Gasteiger partial charge in [0.2, 0.25) is 5.90 Å². The van der Waals surface area contributed by atoms with Crippen LogP contribution in [0.1, 0.15) is 10.4 Å². The lowest BCUT2D eigenvalue weighted by Gasteiger charge is -2.25. The number of hydrogen-bond acceptors (Lipinski definition) is 4. The van der Waals surface area contributed by atoms with Gasteiger partial charge in [0.05, 0.1) is 17.7 Å². The van der Waals surface area contributed by atoms with Crippen molar-refractivity contribution in [2.45, 2.75) is 12.1 Å². The molecule has 0 fully saturated rings. The lowest BCUT2D eigenvalue weighted by atomic mass is 9.91. The molecule has 0 N–H and O–H groups in total. The summed E-state index contributed by atoms with van der Waals surface area (Å²) in [5.74, 6) is 0.00209. The van der Waals surface area contributed by atoms with E-state index in [0.717, 1.165) is 20.9 Å². The average molecular weight is 421 g/mol. The highest BCUT2D eigenvalue weighted by atomic mass is 32.1. The van der Waals surface area contributed by atoms with Crippen molar-refractivity contribution in [2.75, 3.05) is 6.61 Å². The Labute approximate surface area is 176 Å². The zero-order valence-electron chi connectivity index (χ0n) is 15.8. The fourth-order valence-corrected chi connectivity index (χ4v) is 4.51. The number of benzene rings is 2. The first kappa shape index (κ1) is 18.7. The quantitative estimate of drug-likeness (QED) is 0.441. The highest BCUT2D eigenvalue weighted by molar-refractivity contribution is 7.17. The van der Waals surface area contributed by atoms with Crippen LogP contribution in [-0.4, -0.2) is 22.1 Å². The molecule has 4 aromatic rings. The van der Waals surface area contributed by atoms with Gasteiger partial charge in [-0.25, -0.2) is 18.8 Å². The highest BCUT2D eigenvalue weighted by Crippen LogP contribution is 2.37. The fourth-order valence-electron chi connectivity index (χ4n) is 3.56. The first-order chi connectivity index (χ1) is 14.6. The molecule has 0 spiro atoms. The molecule has 150 valence electrons. The number of hydrogen-bond donors (Lipinski definition) is 0. The number of ether oxygens (including phenoxy) is 1. The van der Waals surface area contributed by atoms with E-state index in [9.17, 15) is 8.78 Å². The standard InChI is InChI=1S/C23H17F2N3OS/c24-18-5-1-16(2-6-18)20-9-10-21(30-20)22-27-23(14-29-22,13-28-12-11-26-15-28)17-3-7-19(25)8-4-17/h1-12,15H,13-14H2. The van der Waals surface area contributed by atoms with Crippen LogP contribution >= 0.6 is 11.3 Å². The number of thiophene rings is 1. The molecule has 1 unspecified atom stereocenters. The monoisotopic (exact) mass is 421 g/mol. The van der Waals surface area contributed by atoms with Crippen molar-refractivity contribution in [3.63, 3.8) is 0 Å². The molecule has 0 saturated heterocycles. The fraction of sp³-hybridized carbons (Fsp3) is 0.130. The summed E-state index contributed by atoms with van der Waals surface area (Å²) in [6.45, 7) is 0.869. The van der Waals surface area contributed by atoms with Crippen LogP contribution in [0.4, 0.5) is 8.78 Å². The molecule has 1 aliphatic rings. The molecule has 2 aromatic carbocycles. The Morgan fingerprint density at radius 2 is 1.63 bits per heavy atom. The summed E-state index contributed by atoms with van der Waals surface area (Å²) in [6, 6.07) is 16.7. The van der Waals surface area contributed by atoms with Crippen LogP contribution in [0.15, 0.2) is 84.4 Å². The summed E-state index contributed by atoms with van der Waals surface area (Å²) < 4.78 is 34.7. The number of halogens is 2. The van der Waals surface area contributed by atoms with E-state index in [0.29, 0.717) is 19.0 Å². The number of aliphatic imine (C=N–C) groups is 1. The van der Waals surface area contributed by atoms with Gasteiger partial charge in [-0.15, -0.1) is 11.3 Å². The van der Waals surface area contributed by atoms with Crippen LogP contribution in [0.5, 0.6) is 0 Å². The van der Waals surface area contributed by atoms with Crippen molar-refractivity contribution in [3.05, 3.63) is 101 Å². The third-order valence-electron chi connectivity index (χ3n) is 5.09. The zero-order chi connectivity index (χ0) is 20.6. The predicted octanol–water partition coefficient (Wildman–Crippen LogP) is 5.26. The molecule has 0 aliphatic carbocycles. The second kappa shape index (κ2) is 7.50. The van der Waals surface area contributed by atoms with Gasteiger partial charge in [0.15, 0.2) is 0 Å². The van der Waals surface area contributed by atoms with E-state index in [1.165, 1.54) is 35.6 Å². The van der Waals surface area contributed by atoms with Crippen molar-refractivity contribution in [1.82, 2.24) is 9.55 Å². The predicted molar refractivity (Wildman–Crippen MR) is 113 cm³/mol. The molecular weight excluding hydrogens is 404 g/mol. The van der Waals surface area contributed by atoms with E-state index >= 15 is 0 Å². The van der Waals surface area contributed by atoms with Gasteiger partial charge in [-0.3, -0.25) is 0 Å². The van der Waals surface area contributed by atoms with Crippen LogP contribution in [0, 0.1) is 11.6 Å². The van der Waals surface area contributed by atoms with Gasteiger partial charge in [-0.2, -0.15) is 0 Å². The molecular formula is C23H17F2N3OS.